The molecule has 0 spiro atoms. The summed E-state index contributed by atoms with van der Waals surface area (Å²) in [5, 5.41) is 19.6. The van der Waals surface area contributed by atoms with Crippen molar-refractivity contribution in [1.29, 1.82) is 5.26 Å². The van der Waals surface area contributed by atoms with Crippen LogP contribution >= 0.6 is 0 Å². The molecule has 1 aromatic heterocycles. The largest absolute Gasteiger partial charge is 0.478 e. The van der Waals surface area contributed by atoms with Gasteiger partial charge in [-0.2, -0.15) is 5.26 Å². The first-order chi connectivity index (χ1) is 10.6. The maximum absolute atomic E-state index is 11.8. The fourth-order valence-corrected chi connectivity index (χ4v) is 2.62. The van der Waals surface area contributed by atoms with Crippen LogP contribution in [0.5, 0.6) is 0 Å². The molecule has 0 fully saturated rings. The predicted octanol–water partition coefficient (Wildman–Crippen LogP) is 3.78. The highest BCUT2D eigenvalue weighted by molar-refractivity contribution is 6.07. The van der Waals surface area contributed by atoms with Crippen molar-refractivity contribution in [3.05, 3.63) is 65.2 Å². The summed E-state index contributed by atoms with van der Waals surface area (Å²) in [6.45, 7) is 1.82. The summed E-state index contributed by atoms with van der Waals surface area (Å²) in [7, 11) is 0. The molecule has 2 aromatic carbocycles. The monoisotopic (exact) mass is 288 g/mol. The fraction of sp³-hybridized carbons (Fsp3) is 0.0556. The molecule has 0 unspecified atom stereocenters. The molecule has 4 nitrogen and oxygen atoms in total. The molecule has 0 amide bonds. The number of carbonyl (C=O) groups is 1. The number of benzene rings is 2. The van der Waals surface area contributed by atoms with E-state index in [4.69, 9.17) is 0 Å². The standard InChI is InChI=1S/C18H12N2O2/c1-11-6-5-9-14-15(11)16(18(21)22)13(10-19)17(20-14)12-7-3-2-4-8-12/h2-9H,1H3,(H,21,22). The van der Waals surface area contributed by atoms with E-state index in [1.165, 1.54) is 0 Å². The maximum Gasteiger partial charge on any atom is 0.337 e. The van der Waals surface area contributed by atoms with Crippen LogP contribution < -0.4 is 0 Å². The first-order valence-electron chi connectivity index (χ1n) is 6.75. The van der Waals surface area contributed by atoms with E-state index in [-0.39, 0.29) is 11.1 Å². The highest BCUT2D eigenvalue weighted by atomic mass is 16.4. The van der Waals surface area contributed by atoms with Crippen molar-refractivity contribution >= 4 is 16.9 Å². The van der Waals surface area contributed by atoms with Gasteiger partial charge in [-0.1, -0.05) is 42.5 Å². The van der Waals surface area contributed by atoms with Gasteiger partial charge in [0, 0.05) is 10.9 Å². The Hall–Kier alpha value is -3.19. The van der Waals surface area contributed by atoms with Crippen LogP contribution in [0.2, 0.25) is 0 Å². The number of rotatable bonds is 2. The number of aromatic carboxylic acids is 1. The van der Waals surface area contributed by atoms with Gasteiger partial charge >= 0.3 is 5.97 Å². The van der Waals surface area contributed by atoms with Gasteiger partial charge in [-0.25, -0.2) is 9.78 Å². The molecule has 0 atom stereocenters. The number of carboxylic acid groups (broad SMARTS) is 1. The lowest BCUT2D eigenvalue weighted by molar-refractivity contribution is 0.0698. The summed E-state index contributed by atoms with van der Waals surface area (Å²) in [5.41, 5.74) is 2.61. The molecule has 0 radical (unpaired) electrons. The van der Waals surface area contributed by atoms with Crippen LogP contribution in [0.3, 0.4) is 0 Å². The molecule has 3 aromatic rings. The molecule has 0 bridgehead atoms. The average molecular weight is 288 g/mol. The van der Waals surface area contributed by atoms with Crippen molar-refractivity contribution < 1.29 is 9.90 Å². The van der Waals surface area contributed by atoms with Gasteiger partial charge < -0.3 is 5.11 Å². The molecule has 3 rings (SSSR count). The Labute approximate surface area is 127 Å². The van der Waals surface area contributed by atoms with E-state index in [0.717, 1.165) is 11.1 Å². The van der Waals surface area contributed by atoms with E-state index >= 15 is 0 Å². The lowest BCUT2D eigenvalue weighted by Crippen LogP contribution is -2.06. The Morgan fingerprint density at radius 2 is 1.86 bits per heavy atom. The molecule has 1 N–H and O–H groups in total. The summed E-state index contributed by atoms with van der Waals surface area (Å²) in [5.74, 6) is -1.12. The molecular formula is C18H12N2O2. The number of aromatic nitrogens is 1. The Kier molecular flexibility index (Phi) is 3.32. The van der Waals surface area contributed by atoms with Crippen LogP contribution in [0.15, 0.2) is 48.5 Å². The number of nitriles is 1. The highest BCUT2D eigenvalue weighted by Gasteiger charge is 2.22. The van der Waals surface area contributed by atoms with Crippen LogP contribution in [-0.4, -0.2) is 16.1 Å². The van der Waals surface area contributed by atoms with Crippen molar-refractivity contribution in [2.24, 2.45) is 0 Å². The maximum atomic E-state index is 11.8. The van der Waals surface area contributed by atoms with Gasteiger partial charge in [0.05, 0.1) is 22.3 Å². The zero-order chi connectivity index (χ0) is 15.7. The van der Waals surface area contributed by atoms with Gasteiger partial charge in [-0.15, -0.1) is 0 Å². The lowest BCUT2D eigenvalue weighted by Gasteiger charge is -2.12. The van der Waals surface area contributed by atoms with Gasteiger partial charge in [0.15, 0.2) is 0 Å². The van der Waals surface area contributed by atoms with Gasteiger partial charge in [-0.05, 0) is 18.6 Å². The van der Waals surface area contributed by atoms with Crippen molar-refractivity contribution in [3.8, 4) is 17.3 Å². The minimum Gasteiger partial charge on any atom is -0.478 e. The number of fused-ring (bicyclic) bond motifs is 1. The topological polar surface area (TPSA) is 74.0 Å². The molecular weight excluding hydrogens is 276 g/mol. The first-order valence-corrected chi connectivity index (χ1v) is 6.75. The van der Waals surface area contributed by atoms with Gasteiger partial charge in [-0.3, -0.25) is 0 Å². The average Bonchev–Trinajstić information content (AvgIpc) is 2.54. The quantitative estimate of drug-likeness (QED) is 0.778. The lowest BCUT2D eigenvalue weighted by atomic mass is 9.95. The van der Waals surface area contributed by atoms with E-state index in [1.54, 1.807) is 6.07 Å². The van der Waals surface area contributed by atoms with Gasteiger partial charge in [0.1, 0.15) is 6.07 Å². The Bertz CT molecular complexity index is 925. The Morgan fingerprint density at radius 3 is 2.50 bits per heavy atom. The number of hydrogen-bond donors (Lipinski definition) is 1. The second-order valence-corrected chi connectivity index (χ2v) is 4.96. The number of pyridine rings is 1. The summed E-state index contributed by atoms with van der Waals surface area (Å²) in [6, 6.07) is 16.6. The first kappa shape index (κ1) is 13.8. The number of hydrogen-bond acceptors (Lipinski definition) is 3. The number of nitrogens with zero attached hydrogens (tertiary/aromatic N) is 2. The van der Waals surface area contributed by atoms with Crippen LogP contribution in [0, 0.1) is 18.3 Å². The van der Waals surface area contributed by atoms with Gasteiger partial charge in [0.2, 0.25) is 0 Å². The van der Waals surface area contributed by atoms with Crippen molar-refractivity contribution in [1.82, 2.24) is 4.98 Å². The van der Waals surface area contributed by atoms with E-state index in [2.05, 4.69) is 4.98 Å². The molecule has 1 heterocycles. The molecule has 106 valence electrons. The van der Waals surface area contributed by atoms with E-state index in [9.17, 15) is 15.2 Å². The minimum absolute atomic E-state index is 0.0180. The molecule has 0 aliphatic rings. The smallest absolute Gasteiger partial charge is 0.337 e. The van der Waals surface area contributed by atoms with Crippen LogP contribution in [0.1, 0.15) is 21.5 Å². The molecule has 0 saturated carbocycles. The second-order valence-electron chi connectivity index (χ2n) is 4.96. The zero-order valence-electron chi connectivity index (χ0n) is 11.9. The molecule has 0 saturated heterocycles. The summed E-state index contributed by atoms with van der Waals surface area (Å²) in [4.78, 5) is 16.3. The molecule has 0 aliphatic heterocycles. The predicted molar refractivity (Wildman–Crippen MR) is 83.6 cm³/mol. The third-order valence-corrected chi connectivity index (χ3v) is 3.59. The Balaban J connectivity index is 2.51. The van der Waals surface area contributed by atoms with Crippen molar-refractivity contribution in [2.75, 3.05) is 0 Å². The van der Waals surface area contributed by atoms with Crippen LogP contribution in [0.25, 0.3) is 22.2 Å². The van der Waals surface area contributed by atoms with Crippen molar-refractivity contribution in [3.63, 3.8) is 0 Å². The third kappa shape index (κ3) is 2.09. The van der Waals surface area contributed by atoms with Crippen molar-refractivity contribution in [2.45, 2.75) is 6.92 Å². The molecule has 4 heteroatoms. The summed E-state index contributed by atoms with van der Waals surface area (Å²) < 4.78 is 0. The number of aryl methyl sites for hydroxylation is 1. The SMILES string of the molecule is Cc1cccc2nc(-c3ccccc3)c(C#N)c(C(=O)O)c12. The third-order valence-electron chi connectivity index (χ3n) is 3.59. The van der Waals surface area contributed by atoms with E-state index in [0.29, 0.717) is 16.6 Å². The van der Waals surface area contributed by atoms with E-state index in [1.807, 2.05) is 55.5 Å². The van der Waals surface area contributed by atoms with E-state index < -0.39 is 5.97 Å². The molecule has 0 aliphatic carbocycles. The second kappa shape index (κ2) is 5.30. The van der Waals surface area contributed by atoms with Crippen LogP contribution in [0.4, 0.5) is 0 Å². The highest BCUT2D eigenvalue weighted by Crippen LogP contribution is 2.31. The number of carboxylic acids is 1. The van der Waals surface area contributed by atoms with Gasteiger partial charge in [0.25, 0.3) is 0 Å². The normalized spacial score (nSPS) is 10.4. The summed E-state index contributed by atoms with van der Waals surface area (Å²) in [6.07, 6.45) is 0. The molecule has 22 heavy (non-hydrogen) atoms. The summed E-state index contributed by atoms with van der Waals surface area (Å²) >= 11 is 0. The minimum atomic E-state index is -1.12. The van der Waals surface area contributed by atoms with Crippen LogP contribution in [-0.2, 0) is 0 Å². The Morgan fingerprint density at radius 1 is 1.14 bits per heavy atom. The fourth-order valence-electron chi connectivity index (χ4n) is 2.62. The zero-order valence-corrected chi connectivity index (χ0v) is 11.9.